The largest absolute Gasteiger partial charge is 0.406 e. The number of carbonyl (C=O) groups excluding carboxylic acids is 1. The molecule has 6 heteroatoms. The number of halogens is 3. The number of hydrogen-bond acceptors (Lipinski definition) is 2. The second kappa shape index (κ2) is 8.41. The molecule has 0 radical (unpaired) electrons. The summed E-state index contributed by atoms with van der Waals surface area (Å²) >= 11 is 1.42. The summed E-state index contributed by atoms with van der Waals surface area (Å²) in [7, 11) is 0. The van der Waals surface area contributed by atoms with Gasteiger partial charge in [0.05, 0.1) is 0 Å². The van der Waals surface area contributed by atoms with Crippen LogP contribution in [0.1, 0.15) is 45.1 Å². The molecule has 0 spiro atoms. The molecule has 2 nitrogen and oxygen atoms in total. The minimum atomic E-state index is -4.37. The molecule has 0 aromatic carbocycles. The topological polar surface area (TPSA) is 20.3 Å². The predicted octanol–water partition coefficient (Wildman–Crippen LogP) is 4.86. The molecule has 0 aliphatic carbocycles. The molecule has 0 saturated carbocycles. The van der Waals surface area contributed by atoms with Gasteiger partial charge in [0, 0.05) is 12.5 Å². The highest BCUT2D eigenvalue weighted by atomic mass is 32.1. The van der Waals surface area contributed by atoms with E-state index in [4.69, 9.17) is 0 Å². The highest BCUT2D eigenvalue weighted by Crippen LogP contribution is 2.23. The van der Waals surface area contributed by atoms with E-state index in [0.29, 0.717) is 12.8 Å². The standard InChI is InChI=1S/C15H22F3NOS/c1-3-5-13(6-4-2)14(20)19(11-15(16,17)18)9-12-7-8-21-10-12/h7-8,10,13H,3-6,9,11H2,1-2H3. The first-order valence-corrected chi connectivity index (χ1v) is 8.18. The zero-order valence-electron chi connectivity index (χ0n) is 12.4. The third kappa shape index (κ3) is 6.50. The van der Waals surface area contributed by atoms with Gasteiger partial charge in [0.2, 0.25) is 5.91 Å². The predicted molar refractivity (Wildman–Crippen MR) is 79.1 cm³/mol. The van der Waals surface area contributed by atoms with Gasteiger partial charge in [0.15, 0.2) is 0 Å². The molecule has 1 aromatic rings. The maximum absolute atomic E-state index is 12.7. The number of nitrogens with zero attached hydrogens (tertiary/aromatic N) is 1. The summed E-state index contributed by atoms with van der Waals surface area (Å²) in [4.78, 5) is 13.4. The molecule has 0 fully saturated rings. The van der Waals surface area contributed by atoms with E-state index in [-0.39, 0.29) is 18.4 Å². The van der Waals surface area contributed by atoms with Crippen LogP contribution in [0.25, 0.3) is 0 Å². The Morgan fingerprint density at radius 1 is 1.29 bits per heavy atom. The number of thiophene rings is 1. The van der Waals surface area contributed by atoms with E-state index in [0.717, 1.165) is 23.3 Å². The van der Waals surface area contributed by atoms with Crippen molar-refractivity contribution in [3.05, 3.63) is 22.4 Å². The monoisotopic (exact) mass is 321 g/mol. The van der Waals surface area contributed by atoms with Crippen molar-refractivity contribution in [2.45, 2.75) is 52.3 Å². The normalized spacial score (nSPS) is 11.9. The molecule has 120 valence electrons. The van der Waals surface area contributed by atoms with Gasteiger partial charge in [-0.2, -0.15) is 24.5 Å². The molecule has 0 atom stereocenters. The summed E-state index contributed by atoms with van der Waals surface area (Å²) in [5.41, 5.74) is 0.754. The molecule has 1 aromatic heterocycles. The van der Waals surface area contributed by atoms with Gasteiger partial charge in [-0.05, 0) is 35.2 Å². The average molecular weight is 321 g/mol. The molecule has 21 heavy (non-hydrogen) atoms. The fraction of sp³-hybridized carbons (Fsp3) is 0.667. The van der Waals surface area contributed by atoms with Crippen molar-refractivity contribution in [1.29, 1.82) is 0 Å². The Morgan fingerprint density at radius 2 is 1.90 bits per heavy atom. The van der Waals surface area contributed by atoms with Crippen LogP contribution in [0.3, 0.4) is 0 Å². The molecule has 0 saturated heterocycles. The molecular weight excluding hydrogens is 299 g/mol. The Hall–Kier alpha value is -1.04. The van der Waals surface area contributed by atoms with Crippen LogP contribution in [0.15, 0.2) is 16.8 Å². The third-order valence-corrected chi connectivity index (χ3v) is 3.99. The van der Waals surface area contributed by atoms with Gasteiger partial charge in [-0.25, -0.2) is 0 Å². The number of carbonyl (C=O) groups is 1. The summed E-state index contributed by atoms with van der Waals surface area (Å²) < 4.78 is 38.2. The first kappa shape index (κ1) is 18.0. The summed E-state index contributed by atoms with van der Waals surface area (Å²) in [6, 6.07) is 1.76. The number of alkyl halides is 3. The van der Waals surface area contributed by atoms with Crippen molar-refractivity contribution < 1.29 is 18.0 Å². The van der Waals surface area contributed by atoms with Crippen molar-refractivity contribution in [3.63, 3.8) is 0 Å². The molecule has 0 N–H and O–H groups in total. The maximum Gasteiger partial charge on any atom is 0.406 e. The van der Waals surface area contributed by atoms with Crippen LogP contribution in [-0.2, 0) is 11.3 Å². The third-order valence-electron chi connectivity index (χ3n) is 3.26. The van der Waals surface area contributed by atoms with E-state index in [1.54, 1.807) is 16.8 Å². The Morgan fingerprint density at radius 3 is 2.33 bits per heavy atom. The fourth-order valence-electron chi connectivity index (χ4n) is 2.38. The van der Waals surface area contributed by atoms with Crippen LogP contribution in [0.2, 0.25) is 0 Å². The summed E-state index contributed by atoms with van der Waals surface area (Å²) in [6.45, 7) is 2.75. The fourth-order valence-corrected chi connectivity index (χ4v) is 3.04. The van der Waals surface area contributed by atoms with E-state index in [2.05, 4.69) is 0 Å². The molecule has 1 amide bonds. The molecule has 1 rings (SSSR count). The van der Waals surface area contributed by atoms with Gasteiger partial charge < -0.3 is 4.90 Å². The van der Waals surface area contributed by atoms with Gasteiger partial charge in [-0.3, -0.25) is 4.79 Å². The van der Waals surface area contributed by atoms with E-state index in [1.165, 1.54) is 11.3 Å². The minimum absolute atomic E-state index is 0.0335. The zero-order chi connectivity index (χ0) is 15.9. The molecule has 0 bridgehead atoms. The molecule has 0 aliphatic rings. The van der Waals surface area contributed by atoms with Gasteiger partial charge >= 0.3 is 6.18 Å². The first-order valence-electron chi connectivity index (χ1n) is 7.24. The quantitative estimate of drug-likeness (QED) is 0.670. The van der Waals surface area contributed by atoms with Crippen molar-refractivity contribution >= 4 is 17.2 Å². The second-order valence-corrected chi connectivity index (χ2v) is 6.00. The van der Waals surface area contributed by atoms with Gasteiger partial charge in [0.25, 0.3) is 0 Å². The van der Waals surface area contributed by atoms with Crippen molar-refractivity contribution in [1.82, 2.24) is 4.90 Å². The van der Waals surface area contributed by atoms with E-state index in [9.17, 15) is 18.0 Å². The van der Waals surface area contributed by atoms with Gasteiger partial charge in [-0.15, -0.1) is 0 Å². The Labute approximate surface area is 128 Å². The lowest BCUT2D eigenvalue weighted by Crippen LogP contribution is -2.41. The number of amides is 1. The van der Waals surface area contributed by atoms with Gasteiger partial charge in [0.1, 0.15) is 6.54 Å². The van der Waals surface area contributed by atoms with Crippen LogP contribution < -0.4 is 0 Å². The molecule has 1 heterocycles. The highest BCUT2D eigenvalue weighted by Gasteiger charge is 2.35. The van der Waals surface area contributed by atoms with Crippen LogP contribution in [0.4, 0.5) is 13.2 Å². The lowest BCUT2D eigenvalue weighted by molar-refractivity contribution is -0.165. The average Bonchev–Trinajstić information content (AvgIpc) is 2.88. The number of rotatable bonds is 8. The summed E-state index contributed by atoms with van der Waals surface area (Å²) in [5.74, 6) is -0.678. The van der Waals surface area contributed by atoms with E-state index < -0.39 is 12.7 Å². The van der Waals surface area contributed by atoms with Crippen molar-refractivity contribution in [2.75, 3.05) is 6.54 Å². The van der Waals surface area contributed by atoms with Crippen molar-refractivity contribution in [3.8, 4) is 0 Å². The van der Waals surface area contributed by atoms with Crippen LogP contribution >= 0.6 is 11.3 Å². The molecule has 0 aliphatic heterocycles. The van der Waals surface area contributed by atoms with E-state index >= 15 is 0 Å². The second-order valence-electron chi connectivity index (χ2n) is 5.22. The van der Waals surface area contributed by atoms with Crippen LogP contribution in [-0.4, -0.2) is 23.5 Å². The summed E-state index contributed by atoms with van der Waals surface area (Å²) in [5, 5.41) is 3.59. The lowest BCUT2D eigenvalue weighted by atomic mass is 9.96. The number of hydrogen-bond donors (Lipinski definition) is 0. The SMILES string of the molecule is CCCC(CCC)C(=O)N(Cc1ccsc1)CC(F)(F)F. The Balaban J connectivity index is 2.84. The zero-order valence-corrected chi connectivity index (χ0v) is 13.3. The first-order chi connectivity index (χ1) is 9.87. The highest BCUT2D eigenvalue weighted by molar-refractivity contribution is 7.07. The molecular formula is C15H22F3NOS. The Kier molecular flexibility index (Phi) is 7.22. The van der Waals surface area contributed by atoms with Crippen LogP contribution in [0, 0.1) is 5.92 Å². The smallest absolute Gasteiger partial charge is 0.329 e. The van der Waals surface area contributed by atoms with Crippen LogP contribution in [0.5, 0.6) is 0 Å². The maximum atomic E-state index is 12.7. The minimum Gasteiger partial charge on any atom is -0.329 e. The van der Waals surface area contributed by atoms with Crippen molar-refractivity contribution in [2.24, 2.45) is 5.92 Å². The summed E-state index contributed by atoms with van der Waals surface area (Å²) in [6.07, 6.45) is -1.48. The molecule has 0 unspecified atom stereocenters. The van der Waals surface area contributed by atoms with Gasteiger partial charge in [-0.1, -0.05) is 26.7 Å². The lowest BCUT2D eigenvalue weighted by Gasteiger charge is -2.28. The Bertz CT molecular complexity index is 411. The van der Waals surface area contributed by atoms with E-state index in [1.807, 2.05) is 13.8 Å².